The molecule has 3 rings (SSSR count). The van der Waals surface area contributed by atoms with Gasteiger partial charge in [0, 0.05) is 12.6 Å². The average Bonchev–Trinajstić information content (AvgIpc) is 2.99. The molecule has 3 heteroatoms. The highest BCUT2D eigenvalue weighted by atomic mass is 16.3. The lowest BCUT2D eigenvalue weighted by Gasteiger charge is -2.26. The standard InChI is InChI=1S/C15H22N2O/c18-15(9-4-1-5-10-15)12-13-8-11-17(16-13)14-6-2-3-7-14/h4,8-9,11,14,18H,1-3,5-7,10,12H2. The van der Waals surface area contributed by atoms with E-state index >= 15 is 0 Å². The van der Waals surface area contributed by atoms with E-state index in [2.05, 4.69) is 28.1 Å². The normalized spacial score (nSPS) is 28.9. The molecule has 1 aromatic rings. The van der Waals surface area contributed by atoms with E-state index in [0.29, 0.717) is 12.5 Å². The highest BCUT2D eigenvalue weighted by Crippen LogP contribution is 2.30. The van der Waals surface area contributed by atoms with Crippen LogP contribution in [0.4, 0.5) is 0 Å². The van der Waals surface area contributed by atoms with Crippen LogP contribution in [0.3, 0.4) is 0 Å². The second-order valence-electron chi connectivity index (χ2n) is 5.80. The molecule has 0 spiro atoms. The zero-order chi connectivity index (χ0) is 12.4. The van der Waals surface area contributed by atoms with E-state index < -0.39 is 5.60 Å². The SMILES string of the molecule is OC1(Cc2ccn(C3CCCC3)n2)C=CCCC1. The molecule has 0 radical (unpaired) electrons. The van der Waals surface area contributed by atoms with Crippen molar-refractivity contribution >= 4 is 0 Å². The molecule has 1 unspecified atom stereocenters. The Morgan fingerprint density at radius 2 is 2.17 bits per heavy atom. The van der Waals surface area contributed by atoms with E-state index in [1.807, 2.05) is 6.08 Å². The van der Waals surface area contributed by atoms with Crippen LogP contribution in [-0.4, -0.2) is 20.5 Å². The smallest absolute Gasteiger partial charge is 0.0883 e. The van der Waals surface area contributed by atoms with Crippen LogP contribution in [-0.2, 0) is 6.42 Å². The fourth-order valence-electron chi connectivity index (χ4n) is 3.22. The second-order valence-corrected chi connectivity index (χ2v) is 5.80. The summed E-state index contributed by atoms with van der Waals surface area (Å²) in [5, 5.41) is 15.1. The van der Waals surface area contributed by atoms with Gasteiger partial charge in [0.05, 0.1) is 17.3 Å². The van der Waals surface area contributed by atoms with Crippen molar-refractivity contribution < 1.29 is 5.11 Å². The molecule has 1 saturated carbocycles. The Balaban J connectivity index is 1.69. The molecular formula is C15H22N2O. The summed E-state index contributed by atoms with van der Waals surface area (Å²) in [6.45, 7) is 0. The van der Waals surface area contributed by atoms with Crippen LogP contribution in [0.5, 0.6) is 0 Å². The van der Waals surface area contributed by atoms with E-state index in [1.54, 1.807) is 0 Å². The van der Waals surface area contributed by atoms with Crippen molar-refractivity contribution in [3.05, 3.63) is 30.1 Å². The van der Waals surface area contributed by atoms with Gasteiger partial charge in [-0.3, -0.25) is 4.68 Å². The molecule has 0 saturated heterocycles. The van der Waals surface area contributed by atoms with Gasteiger partial charge in [-0.15, -0.1) is 0 Å². The first-order chi connectivity index (χ1) is 8.75. The monoisotopic (exact) mass is 246 g/mol. The van der Waals surface area contributed by atoms with E-state index in [1.165, 1.54) is 25.7 Å². The van der Waals surface area contributed by atoms with Crippen molar-refractivity contribution in [1.82, 2.24) is 9.78 Å². The summed E-state index contributed by atoms with van der Waals surface area (Å²) >= 11 is 0. The van der Waals surface area contributed by atoms with Gasteiger partial charge in [-0.1, -0.05) is 25.0 Å². The zero-order valence-corrected chi connectivity index (χ0v) is 10.9. The van der Waals surface area contributed by atoms with Crippen molar-refractivity contribution in [2.45, 2.75) is 63.0 Å². The molecule has 0 aliphatic heterocycles. The van der Waals surface area contributed by atoms with E-state index in [-0.39, 0.29) is 0 Å². The quantitative estimate of drug-likeness (QED) is 0.833. The second kappa shape index (κ2) is 4.88. The summed E-state index contributed by atoms with van der Waals surface area (Å²) in [6.07, 6.45) is 15.0. The highest BCUT2D eigenvalue weighted by Gasteiger charge is 2.27. The first-order valence-corrected chi connectivity index (χ1v) is 7.19. The molecule has 1 fully saturated rings. The molecule has 1 heterocycles. The van der Waals surface area contributed by atoms with Gasteiger partial charge in [0.25, 0.3) is 0 Å². The minimum atomic E-state index is -0.660. The lowest BCUT2D eigenvalue weighted by atomic mass is 9.87. The Hall–Kier alpha value is -1.09. The Labute approximate surface area is 109 Å². The third-order valence-corrected chi connectivity index (χ3v) is 4.26. The summed E-state index contributed by atoms with van der Waals surface area (Å²) in [4.78, 5) is 0. The van der Waals surface area contributed by atoms with Crippen LogP contribution in [0, 0.1) is 0 Å². The first-order valence-electron chi connectivity index (χ1n) is 7.19. The Morgan fingerprint density at radius 1 is 1.33 bits per heavy atom. The van der Waals surface area contributed by atoms with Crippen LogP contribution < -0.4 is 0 Å². The molecule has 98 valence electrons. The summed E-state index contributed by atoms with van der Waals surface area (Å²) in [6, 6.07) is 2.66. The Bertz CT molecular complexity index is 431. The fourth-order valence-corrected chi connectivity index (χ4v) is 3.22. The topological polar surface area (TPSA) is 38.0 Å². The summed E-state index contributed by atoms with van der Waals surface area (Å²) in [7, 11) is 0. The molecule has 1 aromatic heterocycles. The van der Waals surface area contributed by atoms with Crippen molar-refractivity contribution in [3.63, 3.8) is 0 Å². The largest absolute Gasteiger partial charge is 0.385 e. The zero-order valence-electron chi connectivity index (χ0n) is 10.9. The number of aromatic nitrogens is 2. The van der Waals surface area contributed by atoms with Crippen molar-refractivity contribution in [2.75, 3.05) is 0 Å². The van der Waals surface area contributed by atoms with Crippen LogP contribution in [0.1, 0.15) is 56.7 Å². The van der Waals surface area contributed by atoms with Gasteiger partial charge in [0.1, 0.15) is 0 Å². The van der Waals surface area contributed by atoms with Gasteiger partial charge in [-0.2, -0.15) is 5.10 Å². The Morgan fingerprint density at radius 3 is 2.89 bits per heavy atom. The predicted octanol–water partition coefficient (Wildman–Crippen LogP) is 3.01. The van der Waals surface area contributed by atoms with Gasteiger partial charge in [-0.05, 0) is 38.2 Å². The van der Waals surface area contributed by atoms with Crippen LogP contribution in [0.25, 0.3) is 0 Å². The fraction of sp³-hybridized carbons (Fsp3) is 0.667. The van der Waals surface area contributed by atoms with Gasteiger partial charge >= 0.3 is 0 Å². The van der Waals surface area contributed by atoms with Crippen LogP contribution >= 0.6 is 0 Å². The van der Waals surface area contributed by atoms with Gasteiger partial charge in [0.15, 0.2) is 0 Å². The molecule has 0 bridgehead atoms. The van der Waals surface area contributed by atoms with E-state index in [4.69, 9.17) is 0 Å². The number of hydrogen-bond acceptors (Lipinski definition) is 2. The van der Waals surface area contributed by atoms with E-state index in [9.17, 15) is 5.11 Å². The maximum absolute atomic E-state index is 10.5. The average molecular weight is 246 g/mol. The third kappa shape index (κ3) is 2.51. The molecule has 0 aromatic carbocycles. The van der Waals surface area contributed by atoms with Gasteiger partial charge in [-0.25, -0.2) is 0 Å². The van der Waals surface area contributed by atoms with Crippen LogP contribution in [0.15, 0.2) is 24.4 Å². The molecule has 18 heavy (non-hydrogen) atoms. The Kier molecular flexibility index (Phi) is 3.25. The predicted molar refractivity (Wildman–Crippen MR) is 71.4 cm³/mol. The van der Waals surface area contributed by atoms with E-state index in [0.717, 1.165) is 25.0 Å². The molecule has 3 nitrogen and oxygen atoms in total. The van der Waals surface area contributed by atoms with Crippen molar-refractivity contribution in [1.29, 1.82) is 0 Å². The third-order valence-electron chi connectivity index (χ3n) is 4.26. The first kappa shape index (κ1) is 12.0. The number of rotatable bonds is 3. The molecular weight excluding hydrogens is 224 g/mol. The van der Waals surface area contributed by atoms with Gasteiger partial charge in [0.2, 0.25) is 0 Å². The van der Waals surface area contributed by atoms with Gasteiger partial charge < -0.3 is 5.11 Å². The number of hydrogen-bond donors (Lipinski definition) is 1. The molecule has 2 aliphatic carbocycles. The molecule has 2 aliphatic rings. The minimum absolute atomic E-state index is 0.593. The van der Waals surface area contributed by atoms with Crippen molar-refractivity contribution in [2.24, 2.45) is 0 Å². The van der Waals surface area contributed by atoms with Crippen molar-refractivity contribution in [3.8, 4) is 0 Å². The molecule has 0 amide bonds. The number of nitrogens with zero attached hydrogens (tertiary/aromatic N) is 2. The maximum Gasteiger partial charge on any atom is 0.0883 e. The summed E-state index contributed by atoms with van der Waals surface area (Å²) in [5.74, 6) is 0. The number of allylic oxidation sites excluding steroid dienone is 1. The summed E-state index contributed by atoms with van der Waals surface area (Å²) in [5.41, 5.74) is 0.364. The lowest BCUT2D eigenvalue weighted by Crippen LogP contribution is -2.30. The number of aliphatic hydroxyl groups is 1. The minimum Gasteiger partial charge on any atom is -0.385 e. The molecule has 1 atom stereocenters. The van der Waals surface area contributed by atoms with Crippen LogP contribution in [0.2, 0.25) is 0 Å². The molecule has 1 N–H and O–H groups in total. The lowest BCUT2D eigenvalue weighted by molar-refractivity contribution is 0.0739. The maximum atomic E-state index is 10.5. The summed E-state index contributed by atoms with van der Waals surface area (Å²) < 4.78 is 2.11. The highest BCUT2D eigenvalue weighted by molar-refractivity contribution is 5.13.